The second-order valence-electron chi connectivity index (χ2n) is 10.3. The zero-order chi connectivity index (χ0) is 21.9. The van der Waals surface area contributed by atoms with Crippen LogP contribution in [0.5, 0.6) is 0 Å². The molecule has 1 spiro atoms. The summed E-state index contributed by atoms with van der Waals surface area (Å²) in [7, 11) is 0. The van der Waals surface area contributed by atoms with Crippen molar-refractivity contribution in [1.29, 1.82) is 0 Å². The number of piperidine rings is 1. The summed E-state index contributed by atoms with van der Waals surface area (Å²) in [4.78, 5) is 5.28. The van der Waals surface area contributed by atoms with Crippen LogP contribution < -0.4 is 4.90 Å². The normalized spacial score (nSPS) is 20.6. The molecule has 1 aromatic rings. The molecule has 0 atom stereocenters. The Labute approximate surface area is 183 Å². The smallest absolute Gasteiger partial charge is 0.0366 e. The minimum absolute atomic E-state index is 0.500. The molecule has 2 heteroatoms. The van der Waals surface area contributed by atoms with Gasteiger partial charge in [0.2, 0.25) is 0 Å². The summed E-state index contributed by atoms with van der Waals surface area (Å²) >= 11 is 0. The average molecular weight is 403 g/mol. The SMILES string of the molecule is CC.CC.CC(C)(C)C.c1ccc(N2CCC(CN3CC4(CCC4)C3)CC2)cc1. The Morgan fingerprint density at radius 1 is 0.862 bits per heavy atom. The molecule has 3 fully saturated rings. The lowest BCUT2D eigenvalue weighted by molar-refractivity contribution is -0.0676. The summed E-state index contributed by atoms with van der Waals surface area (Å²) in [6.45, 7) is 23.4. The lowest BCUT2D eigenvalue weighted by Crippen LogP contribution is -2.60. The van der Waals surface area contributed by atoms with Gasteiger partial charge in [-0.25, -0.2) is 0 Å². The molecule has 4 rings (SSSR count). The first-order chi connectivity index (χ1) is 13.8. The van der Waals surface area contributed by atoms with Gasteiger partial charge in [-0.15, -0.1) is 0 Å². The predicted molar refractivity (Wildman–Crippen MR) is 132 cm³/mol. The van der Waals surface area contributed by atoms with Gasteiger partial charge in [0.15, 0.2) is 0 Å². The van der Waals surface area contributed by atoms with E-state index in [4.69, 9.17) is 0 Å². The van der Waals surface area contributed by atoms with Gasteiger partial charge in [-0.1, -0.05) is 80.0 Å². The number of nitrogens with zero attached hydrogens (tertiary/aromatic N) is 2. The quantitative estimate of drug-likeness (QED) is 0.516. The maximum absolute atomic E-state index is 2.72. The molecule has 1 aromatic carbocycles. The van der Waals surface area contributed by atoms with Gasteiger partial charge in [-0.05, 0) is 54.6 Å². The lowest BCUT2D eigenvalue weighted by atomic mass is 9.63. The molecule has 1 aliphatic carbocycles. The number of rotatable bonds is 3. The monoisotopic (exact) mass is 402 g/mol. The highest BCUT2D eigenvalue weighted by molar-refractivity contribution is 5.46. The topological polar surface area (TPSA) is 6.48 Å². The Morgan fingerprint density at radius 3 is 1.76 bits per heavy atom. The van der Waals surface area contributed by atoms with E-state index in [2.05, 4.69) is 67.8 Å². The molecule has 2 saturated heterocycles. The fourth-order valence-corrected chi connectivity index (χ4v) is 4.40. The summed E-state index contributed by atoms with van der Waals surface area (Å²) in [6.07, 6.45) is 7.26. The van der Waals surface area contributed by atoms with Gasteiger partial charge >= 0.3 is 0 Å². The Balaban J connectivity index is 0.000000405. The fraction of sp³-hybridized carbons (Fsp3) is 0.778. The number of para-hydroxylation sites is 1. The standard InChI is InChI=1S/C18H26N2.C5H12.2C2H6/c1-2-5-17(6-3-1)20-11-7-16(8-12-20)13-19-14-18(15-19)9-4-10-18;1-5(2,3)4;2*1-2/h1-3,5-6,16H,4,7-15H2;1-4H3;2*1-2H3. The molecule has 0 aromatic heterocycles. The van der Waals surface area contributed by atoms with E-state index in [9.17, 15) is 0 Å². The highest BCUT2D eigenvalue weighted by Crippen LogP contribution is 2.48. The lowest BCUT2D eigenvalue weighted by Gasteiger charge is -2.57. The molecule has 2 heterocycles. The molecule has 2 aliphatic heterocycles. The molecule has 1 saturated carbocycles. The third-order valence-electron chi connectivity index (χ3n) is 5.78. The molecule has 2 nitrogen and oxygen atoms in total. The number of hydrogen-bond acceptors (Lipinski definition) is 2. The zero-order valence-electron chi connectivity index (χ0n) is 20.9. The molecule has 0 amide bonds. The molecule has 29 heavy (non-hydrogen) atoms. The molecule has 0 unspecified atom stereocenters. The number of benzene rings is 1. The summed E-state index contributed by atoms with van der Waals surface area (Å²) in [5.74, 6) is 0.937. The zero-order valence-corrected chi connectivity index (χ0v) is 20.9. The van der Waals surface area contributed by atoms with Crippen LogP contribution in [-0.2, 0) is 0 Å². The van der Waals surface area contributed by atoms with Gasteiger partial charge in [-0.3, -0.25) is 0 Å². The maximum Gasteiger partial charge on any atom is 0.0366 e. The van der Waals surface area contributed by atoms with Crippen LogP contribution in [0.1, 0.15) is 87.5 Å². The van der Waals surface area contributed by atoms with Crippen LogP contribution >= 0.6 is 0 Å². The van der Waals surface area contributed by atoms with E-state index in [1.165, 1.54) is 70.5 Å². The van der Waals surface area contributed by atoms with Crippen LogP contribution in [0.2, 0.25) is 0 Å². The van der Waals surface area contributed by atoms with E-state index in [-0.39, 0.29) is 0 Å². The average Bonchev–Trinajstić information content (AvgIpc) is 2.66. The van der Waals surface area contributed by atoms with E-state index in [0.717, 1.165) is 11.3 Å². The van der Waals surface area contributed by atoms with Crippen molar-refractivity contribution < 1.29 is 0 Å². The predicted octanol–water partition coefficient (Wildman–Crippen LogP) is 7.49. The van der Waals surface area contributed by atoms with Crippen molar-refractivity contribution in [3.63, 3.8) is 0 Å². The number of hydrogen-bond donors (Lipinski definition) is 0. The van der Waals surface area contributed by atoms with Gasteiger partial charge in [0.05, 0.1) is 0 Å². The van der Waals surface area contributed by atoms with Crippen LogP contribution in [-0.4, -0.2) is 37.6 Å². The van der Waals surface area contributed by atoms with Crippen molar-refractivity contribution in [2.45, 2.75) is 87.5 Å². The molecular weight excluding hydrogens is 352 g/mol. The second-order valence-corrected chi connectivity index (χ2v) is 10.3. The van der Waals surface area contributed by atoms with E-state index in [0.29, 0.717) is 5.41 Å². The number of likely N-dealkylation sites (tertiary alicyclic amines) is 1. The Kier molecular flexibility index (Phi) is 11.3. The van der Waals surface area contributed by atoms with Crippen molar-refractivity contribution >= 4 is 5.69 Å². The van der Waals surface area contributed by atoms with Crippen LogP contribution in [0.3, 0.4) is 0 Å². The van der Waals surface area contributed by atoms with E-state index in [1.807, 2.05) is 27.7 Å². The minimum Gasteiger partial charge on any atom is -0.372 e. The van der Waals surface area contributed by atoms with Gasteiger partial charge in [0.1, 0.15) is 0 Å². The summed E-state index contributed by atoms with van der Waals surface area (Å²) in [6, 6.07) is 10.9. The van der Waals surface area contributed by atoms with Gasteiger partial charge in [0, 0.05) is 38.4 Å². The van der Waals surface area contributed by atoms with E-state index < -0.39 is 0 Å². The summed E-state index contributed by atoms with van der Waals surface area (Å²) in [5.41, 5.74) is 2.70. The van der Waals surface area contributed by atoms with Crippen LogP contribution in [0.4, 0.5) is 5.69 Å². The minimum atomic E-state index is 0.500. The third-order valence-corrected chi connectivity index (χ3v) is 5.78. The Bertz CT molecular complexity index is 505. The van der Waals surface area contributed by atoms with Crippen LogP contribution in [0.15, 0.2) is 30.3 Å². The Morgan fingerprint density at radius 2 is 1.34 bits per heavy atom. The van der Waals surface area contributed by atoms with Crippen molar-refractivity contribution in [3.8, 4) is 0 Å². The molecule has 0 radical (unpaired) electrons. The first kappa shape index (κ1) is 26.0. The summed E-state index contributed by atoms with van der Waals surface area (Å²) < 4.78 is 0. The highest BCUT2D eigenvalue weighted by Gasteiger charge is 2.47. The molecule has 0 bridgehead atoms. The van der Waals surface area contributed by atoms with Gasteiger partial charge in [0.25, 0.3) is 0 Å². The van der Waals surface area contributed by atoms with Crippen LogP contribution in [0.25, 0.3) is 0 Å². The van der Waals surface area contributed by atoms with Crippen molar-refractivity contribution in [3.05, 3.63) is 30.3 Å². The maximum atomic E-state index is 2.72. The summed E-state index contributed by atoms with van der Waals surface area (Å²) in [5, 5.41) is 0. The molecule has 168 valence electrons. The van der Waals surface area contributed by atoms with Gasteiger partial charge in [-0.2, -0.15) is 0 Å². The third kappa shape index (κ3) is 9.11. The van der Waals surface area contributed by atoms with Crippen molar-refractivity contribution in [2.75, 3.05) is 37.6 Å². The molecular formula is C27H50N2. The second kappa shape index (κ2) is 12.6. The van der Waals surface area contributed by atoms with E-state index >= 15 is 0 Å². The van der Waals surface area contributed by atoms with Crippen molar-refractivity contribution in [2.24, 2.45) is 16.7 Å². The number of anilines is 1. The largest absolute Gasteiger partial charge is 0.372 e. The first-order valence-electron chi connectivity index (χ1n) is 12.4. The fourth-order valence-electron chi connectivity index (χ4n) is 4.40. The van der Waals surface area contributed by atoms with E-state index in [1.54, 1.807) is 0 Å². The van der Waals surface area contributed by atoms with Crippen LogP contribution in [0, 0.1) is 16.7 Å². The molecule has 0 N–H and O–H groups in total. The molecule has 3 aliphatic rings. The highest BCUT2D eigenvalue weighted by atomic mass is 15.2. The first-order valence-corrected chi connectivity index (χ1v) is 12.4. The Hall–Kier alpha value is -1.02. The van der Waals surface area contributed by atoms with Crippen molar-refractivity contribution in [1.82, 2.24) is 4.90 Å². The van der Waals surface area contributed by atoms with Gasteiger partial charge < -0.3 is 9.80 Å².